The van der Waals surface area contributed by atoms with Crippen molar-refractivity contribution in [1.29, 1.82) is 0 Å². The van der Waals surface area contributed by atoms with Crippen LogP contribution in [-0.4, -0.2) is 62.1 Å². The summed E-state index contributed by atoms with van der Waals surface area (Å²) in [6.45, 7) is 4.22. The Bertz CT molecular complexity index is 1020. The number of carbonyl (C=O) groups is 1. The molecule has 1 aliphatic heterocycles. The average molecular weight is 393 g/mol. The molecule has 0 N–H and O–H groups in total. The molecular formula is C19H19N7O3. The minimum absolute atomic E-state index is 0.0330. The zero-order valence-corrected chi connectivity index (χ0v) is 15.8. The molecule has 0 atom stereocenters. The largest absolute Gasteiger partial charge is 0.336 e. The van der Waals surface area contributed by atoms with E-state index in [0.717, 1.165) is 11.3 Å². The second-order valence-corrected chi connectivity index (χ2v) is 6.81. The van der Waals surface area contributed by atoms with Crippen LogP contribution >= 0.6 is 0 Å². The molecule has 0 radical (unpaired) electrons. The van der Waals surface area contributed by atoms with E-state index in [9.17, 15) is 14.9 Å². The first-order valence-electron chi connectivity index (χ1n) is 9.17. The van der Waals surface area contributed by atoms with Crippen molar-refractivity contribution >= 4 is 17.5 Å². The Hall–Kier alpha value is -3.82. The molecule has 0 unspecified atom stereocenters. The highest BCUT2D eigenvalue weighted by molar-refractivity contribution is 5.94. The number of nitro groups is 1. The number of carbonyl (C=O) groups excluding carboxylic acids is 1. The smallest absolute Gasteiger partial charge is 0.269 e. The van der Waals surface area contributed by atoms with E-state index >= 15 is 0 Å². The summed E-state index contributed by atoms with van der Waals surface area (Å²) in [5.74, 6) is 0.494. The van der Waals surface area contributed by atoms with Crippen molar-refractivity contribution in [2.45, 2.75) is 6.92 Å². The number of rotatable bonds is 4. The highest BCUT2D eigenvalue weighted by atomic mass is 16.6. The fourth-order valence-corrected chi connectivity index (χ4v) is 3.25. The predicted molar refractivity (Wildman–Crippen MR) is 105 cm³/mol. The molecule has 29 heavy (non-hydrogen) atoms. The topological polar surface area (TPSA) is 110 Å². The molecule has 2 heterocycles. The predicted octanol–water partition coefficient (Wildman–Crippen LogP) is 1.84. The first-order chi connectivity index (χ1) is 14.0. The lowest BCUT2D eigenvalue weighted by atomic mass is 10.1. The van der Waals surface area contributed by atoms with Gasteiger partial charge in [-0.25, -0.2) is 0 Å². The van der Waals surface area contributed by atoms with Gasteiger partial charge in [-0.3, -0.25) is 14.9 Å². The molecule has 0 bridgehead atoms. The Kier molecular flexibility index (Phi) is 4.90. The number of aromatic nitrogens is 4. The summed E-state index contributed by atoms with van der Waals surface area (Å²) in [6, 6.07) is 13.6. The van der Waals surface area contributed by atoms with Crippen LogP contribution in [0.15, 0.2) is 48.5 Å². The molecule has 10 heteroatoms. The molecule has 2 aromatic carbocycles. The minimum atomic E-state index is -0.481. The lowest BCUT2D eigenvalue weighted by molar-refractivity contribution is -0.384. The van der Waals surface area contributed by atoms with Crippen molar-refractivity contribution in [3.8, 4) is 5.69 Å². The van der Waals surface area contributed by atoms with Crippen LogP contribution in [0.5, 0.6) is 0 Å². The Balaban J connectivity index is 1.43. The highest BCUT2D eigenvalue weighted by Crippen LogP contribution is 2.19. The number of nitrogens with zero attached hydrogens (tertiary/aromatic N) is 7. The number of aryl methyl sites for hydroxylation is 1. The van der Waals surface area contributed by atoms with Gasteiger partial charge in [0.05, 0.1) is 10.6 Å². The molecule has 1 fully saturated rings. The molecule has 10 nitrogen and oxygen atoms in total. The van der Waals surface area contributed by atoms with Crippen LogP contribution in [-0.2, 0) is 0 Å². The van der Waals surface area contributed by atoms with Crippen LogP contribution in [0.25, 0.3) is 5.69 Å². The number of anilines is 1. The van der Waals surface area contributed by atoms with Gasteiger partial charge in [-0.2, -0.15) is 4.68 Å². The van der Waals surface area contributed by atoms with Gasteiger partial charge >= 0.3 is 0 Å². The summed E-state index contributed by atoms with van der Waals surface area (Å²) in [5, 5.41) is 22.8. The van der Waals surface area contributed by atoms with Gasteiger partial charge in [0.1, 0.15) is 0 Å². The number of hydrogen-bond acceptors (Lipinski definition) is 7. The summed E-state index contributed by atoms with van der Waals surface area (Å²) < 4.78 is 1.69. The molecule has 0 aliphatic carbocycles. The van der Waals surface area contributed by atoms with Crippen molar-refractivity contribution in [1.82, 2.24) is 25.1 Å². The molecule has 148 valence electrons. The van der Waals surface area contributed by atoms with Crippen LogP contribution in [0.4, 0.5) is 11.6 Å². The Morgan fingerprint density at radius 2 is 1.66 bits per heavy atom. The normalized spacial score (nSPS) is 14.1. The van der Waals surface area contributed by atoms with Gasteiger partial charge in [-0.05, 0) is 41.6 Å². The average Bonchev–Trinajstić information content (AvgIpc) is 3.24. The molecule has 3 aromatic rings. The van der Waals surface area contributed by atoms with Gasteiger partial charge in [0.25, 0.3) is 11.6 Å². The van der Waals surface area contributed by atoms with E-state index in [1.165, 1.54) is 24.3 Å². The molecular weight excluding hydrogens is 374 g/mol. The lowest BCUT2D eigenvalue weighted by Gasteiger charge is -2.34. The maximum Gasteiger partial charge on any atom is 0.269 e. The van der Waals surface area contributed by atoms with E-state index in [2.05, 4.69) is 15.5 Å². The molecule has 1 amide bonds. The fourth-order valence-electron chi connectivity index (χ4n) is 3.25. The monoisotopic (exact) mass is 393 g/mol. The Morgan fingerprint density at radius 3 is 2.28 bits per heavy atom. The van der Waals surface area contributed by atoms with E-state index in [1.807, 2.05) is 36.1 Å². The van der Waals surface area contributed by atoms with Crippen LogP contribution in [0.1, 0.15) is 15.9 Å². The first kappa shape index (κ1) is 18.5. The van der Waals surface area contributed by atoms with Gasteiger partial charge in [-0.15, -0.1) is 0 Å². The third-order valence-electron chi connectivity index (χ3n) is 4.91. The Morgan fingerprint density at radius 1 is 1.00 bits per heavy atom. The van der Waals surface area contributed by atoms with Crippen molar-refractivity contribution < 1.29 is 9.72 Å². The second-order valence-electron chi connectivity index (χ2n) is 6.81. The first-order valence-corrected chi connectivity index (χ1v) is 9.17. The maximum atomic E-state index is 12.7. The quantitative estimate of drug-likeness (QED) is 0.491. The number of nitro benzene ring substituents is 1. The third kappa shape index (κ3) is 3.77. The molecule has 0 spiro atoms. The molecule has 4 rings (SSSR count). The van der Waals surface area contributed by atoms with Crippen molar-refractivity contribution in [2.24, 2.45) is 0 Å². The zero-order chi connectivity index (χ0) is 20.4. The minimum Gasteiger partial charge on any atom is -0.336 e. The summed E-state index contributed by atoms with van der Waals surface area (Å²) in [6.07, 6.45) is 0. The van der Waals surface area contributed by atoms with Crippen molar-refractivity contribution in [3.63, 3.8) is 0 Å². The molecule has 1 aliphatic rings. The molecule has 0 saturated carbocycles. The van der Waals surface area contributed by atoms with Crippen LogP contribution in [0, 0.1) is 17.0 Å². The Labute approximate surface area is 166 Å². The van der Waals surface area contributed by atoms with Gasteiger partial charge in [0.2, 0.25) is 5.95 Å². The highest BCUT2D eigenvalue weighted by Gasteiger charge is 2.25. The van der Waals surface area contributed by atoms with Gasteiger partial charge in [0.15, 0.2) is 0 Å². The summed E-state index contributed by atoms with van der Waals surface area (Å²) in [7, 11) is 0. The fraction of sp³-hybridized carbons (Fsp3) is 0.263. The van der Waals surface area contributed by atoms with E-state index in [1.54, 1.807) is 9.58 Å². The third-order valence-corrected chi connectivity index (χ3v) is 4.91. The van der Waals surface area contributed by atoms with Crippen LogP contribution in [0.3, 0.4) is 0 Å². The van der Waals surface area contributed by atoms with Gasteiger partial charge in [0, 0.05) is 43.9 Å². The van der Waals surface area contributed by atoms with Gasteiger partial charge < -0.3 is 9.80 Å². The molecule has 1 aromatic heterocycles. The number of tetrazole rings is 1. The lowest BCUT2D eigenvalue weighted by Crippen LogP contribution is -2.49. The van der Waals surface area contributed by atoms with Crippen molar-refractivity contribution in [3.05, 3.63) is 69.8 Å². The molecule has 1 saturated heterocycles. The van der Waals surface area contributed by atoms with Crippen LogP contribution < -0.4 is 4.90 Å². The van der Waals surface area contributed by atoms with E-state index in [-0.39, 0.29) is 11.6 Å². The maximum absolute atomic E-state index is 12.7. The second kappa shape index (κ2) is 7.66. The number of hydrogen-bond donors (Lipinski definition) is 0. The summed E-state index contributed by atoms with van der Waals surface area (Å²) in [4.78, 5) is 26.7. The summed E-state index contributed by atoms with van der Waals surface area (Å²) >= 11 is 0. The number of piperazine rings is 1. The summed E-state index contributed by atoms with van der Waals surface area (Å²) in [5.41, 5.74) is 2.43. The van der Waals surface area contributed by atoms with E-state index in [0.29, 0.717) is 37.7 Å². The number of amides is 1. The number of non-ortho nitro benzene ring substituents is 1. The van der Waals surface area contributed by atoms with Gasteiger partial charge in [-0.1, -0.05) is 22.8 Å². The van der Waals surface area contributed by atoms with Crippen molar-refractivity contribution in [2.75, 3.05) is 31.1 Å². The zero-order valence-electron chi connectivity index (χ0n) is 15.8. The van der Waals surface area contributed by atoms with Crippen LogP contribution in [0.2, 0.25) is 0 Å². The standard InChI is InChI=1S/C19H19N7O3/c1-14-2-6-16(7-3-14)25-19(20-21-22-25)24-12-10-23(11-13-24)18(27)15-4-8-17(9-5-15)26(28)29/h2-9H,10-13H2,1H3. The SMILES string of the molecule is Cc1ccc(-n2nnnc2N2CCN(C(=O)c3ccc([N+](=O)[O-])cc3)CC2)cc1. The number of benzene rings is 2. The van der Waals surface area contributed by atoms with E-state index in [4.69, 9.17) is 0 Å². The van der Waals surface area contributed by atoms with E-state index < -0.39 is 4.92 Å².